The summed E-state index contributed by atoms with van der Waals surface area (Å²) in [5, 5.41) is 0.114. The number of aromatic nitrogens is 1. The highest BCUT2D eigenvalue weighted by Gasteiger charge is 2.55. The molecule has 2 aromatic rings. The van der Waals surface area contributed by atoms with Gasteiger partial charge in [0.25, 0.3) is 5.91 Å². The first-order valence-electron chi connectivity index (χ1n) is 15.0. The summed E-state index contributed by atoms with van der Waals surface area (Å²) in [6, 6.07) is 6.33. The van der Waals surface area contributed by atoms with Crippen LogP contribution < -0.4 is 9.64 Å². The normalized spacial score (nSPS) is 26.3. The lowest BCUT2D eigenvalue weighted by Gasteiger charge is -2.61. The second kappa shape index (κ2) is 10.2. The number of likely N-dealkylation sites (tertiary alicyclic amines) is 2. The van der Waals surface area contributed by atoms with Gasteiger partial charge in [0.05, 0.1) is 11.7 Å². The Morgan fingerprint density at radius 1 is 1.14 bits per heavy atom. The molecule has 6 heterocycles. The van der Waals surface area contributed by atoms with Crippen LogP contribution in [0.3, 0.4) is 0 Å². The first kappa shape index (κ1) is 28.6. The van der Waals surface area contributed by atoms with E-state index < -0.39 is 5.82 Å². The molecule has 4 fully saturated rings. The number of amides is 2. The van der Waals surface area contributed by atoms with E-state index in [1.54, 1.807) is 28.0 Å². The highest BCUT2D eigenvalue weighted by Crippen LogP contribution is 2.48. The van der Waals surface area contributed by atoms with Crippen LogP contribution in [0.2, 0.25) is 5.02 Å². The number of ether oxygens (including phenoxy) is 1. The Morgan fingerprint density at radius 3 is 2.58 bits per heavy atom. The average Bonchev–Trinajstić information content (AvgIpc) is 3.18. The van der Waals surface area contributed by atoms with Gasteiger partial charge in [0.1, 0.15) is 28.8 Å². The summed E-state index contributed by atoms with van der Waals surface area (Å²) in [4.78, 5) is 42.4. The Bertz CT molecular complexity index is 1500. The second-order valence-electron chi connectivity index (χ2n) is 13.6. The van der Waals surface area contributed by atoms with Crippen molar-refractivity contribution in [3.63, 3.8) is 0 Å². The quantitative estimate of drug-likeness (QED) is 0.493. The van der Waals surface area contributed by atoms with E-state index in [9.17, 15) is 9.59 Å². The fourth-order valence-corrected chi connectivity index (χ4v) is 8.30. The highest BCUT2D eigenvalue weighted by molar-refractivity contribution is 6.35. The van der Waals surface area contributed by atoms with Gasteiger partial charge in [-0.05, 0) is 45.5 Å². The van der Waals surface area contributed by atoms with Gasteiger partial charge in [-0.1, -0.05) is 30.3 Å². The van der Waals surface area contributed by atoms with Crippen molar-refractivity contribution in [2.75, 3.05) is 70.9 Å². The van der Waals surface area contributed by atoms with Crippen LogP contribution in [-0.2, 0) is 4.79 Å². The zero-order chi connectivity index (χ0) is 30.3. The van der Waals surface area contributed by atoms with E-state index in [1.165, 1.54) is 12.1 Å². The second-order valence-corrected chi connectivity index (χ2v) is 14.0. The van der Waals surface area contributed by atoms with Crippen molar-refractivity contribution < 1.29 is 18.7 Å². The van der Waals surface area contributed by atoms with Crippen LogP contribution in [0.5, 0.6) is 5.75 Å². The number of rotatable bonds is 4. The Kier molecular flexibility index (Phi) is 6.76. The maximum Gasteiger partial charge on any atom is 0.261 e. The molecule has 1 aromatic heterocycles. The minimum atomic E-state index is -0.450. The fraction of sp³-hybridized carbons (Fsp3) is 0.531. The third kappa shape index (κ3) is 4.60. The molecule has 9 nitrogen and oxygen atoms in total. The third-order valence-corrected chi connectivity index (χ3v) is 10.3. The average molecular weight is 609 g/mol. The van der Waals surface area contributed by atoms with Gasteiger partial charge in [0, 0.05) is 74.9 Å². The SMILES string of the molecule is C=CC(=O)N1CCN2C(=O)c3c(N4C[C@@H](N5CC6(CN(C)C6)C5)CC4(C)C)nc(-c4ccccc4F)c(Cl)c3OC[C@H]2C1. The lowest BCUT2D eigenvalue weighted by Crippen LogP contribution is -2.72. The van der Waals surface area contributed by atoms with Gasteiger partial charge >= 0.3 is 0 Å². The lowest BCUT2D eigenvalue weighted by atomic mass is 9.72. The molecule has 2 amide bonds. The standard InChI is InChI=1S/C32H38ClFN6O3/c1-5-24(41)37-10-11-39-21(13-37)15-43-28-25(30(39)42)29(35-27(26(28)33)22-8-6-7-9-23(22)34)40-14-20(12-31(40,2)3)38-18-32(19-38)16-36(4)17-32/h5-9,20-21H,1,10-19H2,2-4H3/t20-,21+/m0/s1. The molecule has 1 aromatic carbocycles. The molecule has 228 valence electrons. The fourth-order valence-electron chi connectivity index (χ4n) is 8.00. The van der Waals surface area contributed by atoms with Crippen LogP contribution in [0.25, 0.3) is 11.3 Å². The van der Waals surface area contributed by atoms with Crippen molar-refractivity contribution in [2.45, 2.75) is 37.9 Å². The van der Waals surface area contributed by atoms with Gasteiger partial charge < -0.3 is 24.3 Å². The first-order chi connectivity index (χ1) is 20.5. The van der Waals surface area contributed by atoms with E-state index >= 15 is 4.39 Å². The molecule has 2 atom stereocenters. The number of hydrogen-bond donors (Lipinski definition) is 0. The summed E-state index contributed by atoms with van der Waals surface area (Å²) in [6.45, 7) is 14.3. The molecular formula is C32H38ClFN6O3. The zero-order valence-corrected chi connectivity index (χ0v) is 25.7. The molecule has 1 spiro atoms. The van der Waals surface area contributed by atoms with Crippen LogP contribution in [0, 0.1) is 11.2 Å². The van der Waals surface area contributed by atoms with Gasteiger partial charge in [0.15, 0.2) is 5.75 Å². The first-order valence-corrected chi connectivity index (χ1v) is 15.4. The van der Waals surface area contributed by atoms with Gasteiger partial charge in [-0.2, -0.15) is 0 Å². The van der Waals surface area contributed by atoms with Gasteiger partial charge in [0.2, 0.25) is 5.91 Å². The monoisotopic (exact) mass is 608 g/mol. The maximum atomic E-state index is 15.2. The molecular weight excluding hydrogens is 571 g/mol. The van der Waals surface area contributed by atoms with Gasteiger partial charge in [-0.25, -0.2) is 9.37 Å². The molecule has 4 saturated heterocycles. The predicted octanol–water partition coefficient (Wildman–Crippen LogP) is 3.38. The summed E-state index contributed by atoms with van der Waals surface area (Å²) < 4.78 is 21.5. The number of fused-ring (bicyclic) bond motifs is 2. The molecule has 0 N–H and O–H groups in total. The number of piperazine rings is 1. The van der Waals surface area contributed by atoms with E-state index in [-0.39, 0.29) is 52.0 Å². The van der Waals surface area contributed by atoms with Crippen LogP contribution in [-0.4, -0.2) is 120 Å². The lowest BCUT2D eigenvalue weighted by molar-refractivity contribution is -0.128. The molecule has 43 heavy (non-hydrogen) atoms. The number of anilines is 1. The third-order valence-electron chi connectivity index (χ3n) is 9.99. The Morgan fingerprint density at radius 2 is 1.88 bits per heavy atom. The van der Waals surface area contributed by atoms with E-state index in [4.69, 9.17) is 21.3 Å². The predicted molar refractivity (Wildman–Crippen MR) is 163 cm³/mol. The van der Waals surface area contributed by atoms with Crippen molar-refractivity contribution in [2.24, 2.45) is 5.41 Å². The molecule has 5 aliphatic heterocycles. The van der Waals surface area contributed by atoms with Crippen molar-refractivity contribution >= 4 is 29.2 Å². The van der Waals surface area contributed by atoms with Crippen molar-refractivity contribution in [1.82, 2.24) is 24.6 Å². The van der Waals surface area contributed by atoms with Crippen LogP contribution in [0.4, 0.5) is 10.2 Å². The van der Waals surface area contributed by atoms with Crippen molar-refractivity contribution in [3.05, 3.63) is 53.3 Å². The molecule has 0 aliphatic carbocycles. The van der Waals surface area contributed by atoms with E-state index in [2.05, 4.69) is 42.2 Å². The van der Waals surface area contributed by atoms with Crippen molar-refractivity contribution in [3.8, 4) is 17.0 Å². The molecule has 0 bridgehead atoms. The zero-order valence-electron chi connectivity index (χ0n) is 25.0. The molecule has 11 heteroatoms. The van der Waals surface area contributed by atoms with E-state index in [0.717, 1.165) is 32.6 Å². The minimum Gasteiger partial charge on any atom is -0.489 e. The van der Waals surface area contributed by atoms with Gasteiger partial charge in [-0.15, -0.1) is 0 Å². The summed E-state index contributed by atoms with van der Waals surface area (Å²) in [6.07, 6.45) is 2.20. The van der Waals surface area contributed by atoms with Crippen LogP contribution in [0.15, 0.2) is 36.9 Å². The Hall–Kier alpha value is -3.21. The molecule has 5 aliphatic rings. The topological polar surface area (TPSA) is 72.5 Å². The van der Waals surface area contributed by atoms with Crippen molar-refractivity contribution in [1.29, 1.82) is 0 Å². The van der Waals surface area contributed by atoms with Crippen LogP contribution >= 0.6 is 11.6 Å². The number of benzene rings is 1. The number of carbonyl (C=O) groups excluding carboxylic acids is 2. The number of pyridine rings is 1. The summed E-state index contributed by atoms with van der Waals surface area (Å²) in [5.41, 5.74) is 0.902. The number of hydrogen-bond acceptors (Lipinski definition) is 7. The number of carbonyl (C=O) groups is 2. The van der Waals surface area contributed by atoms with Gasteiger partial charge in [-0.3, -0.25) is 14.5 Å². The van der Waals surface area contributed by atoms with Crippen LogP contribution in [0.1, 0.15) is 30.6 Å². The highest BCUT2D eigenvalue weighted by atomic mass is 35.5. The Labute approximate surface area is 256 Å². The molecule has 0 radical (unpaired) electrons. The molecule has 0 saturated carbocycles. The summed E-state index contributed by atoms with van der Waals surface area (Å²) in [7, 11) is 2.17. The largest absolute Gasteiger partial charge is 0.489 e. The minimum absolute atomic E-state index is 0.114. The number of halogens is 2. The molecule has 0 unspecified atom stereocenters. The summed E-state index contributed by atoms with van der Waals surface area (Å²) in [5.74, 6) is -0.159. The Balaban J connectivity index is 1.29. The number of nitrogens with zero attached hydrogens (tertiary/aromatic N) is 6. The van der Waals surface area contributed by atoms with E-state index in [0.29, 0.717) is 49.0 Å². The van der Waals surface area contributed by atoms with E-state index in [1.807, 2.05) is 0 Å². The summed E-state index contributed by atoms with van der Waals surface area (Å²) >= 11 is 6.96. The molecule has 7 rings (SSSR count). The smallest absolute Gasteiger partial charge is 0.261 e. The maximum absolute atomic E-state index is 15.2.